The van der Waals surface area contributed by atoms with Gasteiger partial charge in [-0.1, -0.05) is 53.8 Å². The number of nitrogens with zero attached hydrogens (tertiary/aromatic N) is 2. The molecule has 1 heterocycles. The molecule has 3 rings (SSSR count). The van der Waals surface area contributed by atoms with E-state index in [-0.39, 0.29) is 22.2 Å². The van der Waals surface area contributed by atoms with E-state index in [2.05, 4.69) is 5.32 Å². The summed E-state index contributed by atoms with van der Waals surface area (Å²) in [5.74, 6) is -0.304. The van der Waals surface area contributed by atoms with Gasteiger partial charge in [0.25, 0.3) is 5.91 Å². The number of thiazole rings is 1. The van der Waals surface area contributed by atoms with Crippen molar-refractivity contribution in [3.8, 4) is 0 Å². The highest BCUT2D eigenvalue weighted by molar-refractivity contribution is 7.89. The molecule has 1 aromatic heterocycles. The quantitative estimate of drug-likeness (QED) is 0.621. The maximum Gasteiger partial charge on any atom is 0.308 e. The van der Waals surface area contributed by atoms with Gasteiger partial charge in [0, 0.05) is 26.8 Å². The fourth-order valence-corrected chi connectivity index (χ4v) is 4.30. The Morgan fingerprint density at radius 1 is 1.03 bits per heavy atom. The van der Waals surface area contributed by atoms with Gasteiger partial charge in [-0.15, -0.1) is 0 Å². The summed E-state index contributed by atoms with van der Waals surface area (Å²) in [4.78, 5) is 24.8. The van der Waals surface area contributed by atoms with Gasteiger partial charge in [0.15, 0.2) is 0 Å². The van der Waals surface area contributed by atoms with Crippen LogP contribution in [0.3, 0.4) is 0 Å². The monoisotopic (exact) mass is 431 g/mol. The second kappa shape index (κ2) is 8.73. The number of sulfonamides is 1. The van der Waals surface area contributed by atoms with E-state index in [0.29, 0.717) is 11.4 Å². The average molecular weight is 432 g/mol. The number of amides is 1. The molecule has 0 saturated heterocycles. The Morgan fingerprint density at radius 2 is 1.69 bits per heavy atom. The fraction of sp³-hybridized carbons (Fsp3) is 0.200. The molecule has 0 aliphatic heterocycles. The molecule has 1 N–H and O–H groups in total. The van der Waals surface area contributed by atoms with Crippen molar-refractivity contribution in [2.45, 2.75) is 18.0 Å². The second-order valence-corrected chi connectivity index (χ2v) is 9.73. The Bertz CT molecular complexity index is 1150. The normalized spacial score (nSPS) is 11.6. The second-order valence-electron chi connectivity index (χ2n) is 6.59. The standard InChI is InChI=1S/C20H21N3O4S2/c1-22(2)29(26,27)17-10-8-16(9-11-17)13-23-14-18(28-20(23)25)19(24)21-12-15-6-4-3-5-7-15/h3-11,14H,12-13H2,1-2H3,(H,21,24). The first-order valence-corrected chi connectivity index (χ1v) is 11.1. The zero-order chi connectivity index (χ0) is 21.0. The lowest BCUT2D eigenvalue weighted by Gasteiger charge is -2.11. The van der Waals surface area contributed by atoms with Crippen molar-refractivity contribution in [1.29, 1.82) is 0 Å². The number of aromatic nitrogens is 1. The zero-order valence-corrected chi connectivity index (χ0v) is 17.7. The summed E-state index contributed by atoms with van der Waals surface area (Å²) in [5, 5.41) is 2.80. The summed E-state index contributed by atoms with van der Waals surface area (Å²) in [6, 6.07) is 15.9. The molecule has 152 valence electrons. The number of benzene rings is 2. The van der Waals surface area contributed by atoms with Crippen LogP contribution in [0.2, 0.25) is 0 Å². The lowest BCUT2D eigenvalue weighted by molar-refractivity contribution is 0.0954. The number of rotatable bonds is 7. The lowest BCUT2D eigenvalue weighted by atomic mass is 10.2. The van der Waals surface area contributed by atoms with Crippen LogP contribution >= 0.6 is 11.3 Å². The summed E-state index contributed by atoms with van der Waals surface area (Å²) < 4.78 is 26.8. The van der Waals surface area contributed by atoms with Crippen molar-refractivity contribution < 1.29 is 13.2 Å². The largest absolute Gasteiger partial charge is 0.347 e. The first-order valence-electron chi connectivity index (χ1n) is 8.81. The Balaban J connectivity index is 1.69. The molecule has 0 bridgehead atoms. The third kappa shape index (κ3) is 5.00. The van der Waals surface area contributed by atoms with Crippen LogP contribution in [-0.4, -0.2) is 37.3 Å². The number of carbonyl (C=O) groups is 1. The van der Waals surface area contributed by atoms with E-state index in [1.807, 2.05) is 30.3 Å². The number of carbonyl (C=O) groups excluding carboxylic acids is 1. The molecule has 3 aromatic rings. The Kier molecular flexibility index (Phi) is 6.31. The molecule has 0 aliphatic rings. The van der Waals surface area contributed by atoms with Crippen LogP contribution < -0.4 is 10.2 Å². The molecule has 0 unspecified atom stereocenters. The molecule has 0 spiro atoms. The van der Waals surface area contributed by atoms with Gasteiger partial charge >= 0.3 is 4.87 Å². The smallest absolute Gasteiger partial charge is 0.308 e. The molecular formula is C20H21N3O4S2. The molecule has 0 aliphatic carbocycles. The number of hydrogen-bond donors (Lipinski definition) is 1. The van der Waals surface area contributed by atoms with Gasteiger partial charge < -0.3 is 9.88 Å². The van der Waals surface area contributed by atoms with Gasteiger partial charge in [0.2, 0.25) is 10.0 Å². The van der Waals surface area contributed by atoms with Crippen LogP contribution in [0.4, 0.5) is 0 Å². The molecule has 2 aromatic carbocycles. The fourth-order valence-electron chi connectivity index (χ4n) is 2.63. The van der Waals surface area contributed by atoms with E-state index in [1.165, 1.54) is 37.0 Å². The average Bonchev–Trinajstić information content (AvgIpc) is 3.07. The van der Waals surface area contributed by atoms with Gasteiger partial charge in [-0.2, -0.15) is 0 Å². The van der Waals surface area contributed by atoms with Gasteiger partial charge in [-0.05, 0) is 23.3 Å². The van der Waals surface area contributed by atoms with Gasteiger partial charge in [-0.3, -0.25) is 9.59 Å². The van der Waals surface area contributed by atoms with Crippen molar-refractivity contribution in [2.24, 2.45) is 0 Å². The minimum absolute atomic E-state index is 0.185. The third-order valence-corrected chi connectivity index (χ3v) is 7.03. The number of nitrogens with one attached hydrogen (secondary N) is 1. The van der Waals surface area contributed by atoms with Crippen LogP contribution in [0.15, 0.2) is 70.5 Å². The molecular weight excluding hydrogens is 410 g/mol. The molecule has 1 amide bonds. The van der Waals surface area contributed by atoms with E-state index < -0.39 is 10.0 Å². The summed E-state index contributed by atoms with van der Waals surface area (Å²) in [5.41, 5.74) is 1.74. The summed E-state index contributed by atoms with van der Waals surface area (Å²) in [7, 11) is -0.556. The highest BCUT2D eigenvalue weighted by Gasteiger charge is 2.17. The highest BCUT2D eigenvalue weighted by Crippen LogP contribution is 2.15. The van der Waals surface area contributed by atoms with Crippen LogP contribution in [0.1, 0.15) is 20.8 Å². The molecule has 9 heteroatoms. The maximum atomic E-state index is 12.3. The summed E-state index contributed by atoms with van der Waals surface area (Å²) in [6.45, 7) is 0.636. The number of hydrogen-bond acceptors (Lipinski definition) is 5. The van der Waals surface area contributed by atoms with Crippen molar-refractivity contribution >= 4 is 27.3 Å². The van der Waals surface area contributed by atoms with Crippen LogP contribution in [0.5, 0.6) is 0 Å². The van der Waals surface area contributed by atoms with Gasteiger partial charge in [0.05, 0.1) is 11.4 Å². The minimum Gasteiger partial charge on any atom is -0.347 e. The lowest BCUT2D eigenvalue weighted by Crippen LogP contribution is -2.22. The third-order valence-electron chi connectivity index (χ3n) is 4.28. The van der Waals surface area contributed by atoms with E-state index in [4.69, 9.17) is 0 Å². The van der Waals surface area contributed by atoms with Crippen molar-refractivity contribution in [2.75, 3.05) is 14.1 Å². The molecule has 0 saturated carbocycles. The molecule has 0 fully saturated rings. The van der Waals surface area contributed by atoms with Crippen LogP contribution in [-0.2, 0) is 23.1 Å². The topological polar surface area (TPSA) is 88.5 Å². The Morgan fingerprint density at radius 3 is 2.31 bits per heavy atom. The maximum absolute atomic E-state index is 12.3. The SMILES string of the molecule is CN(C)S(=O)(=O)c1ccc(Cn2cc(C(=O)NCc3ccccc3)sc2=O)cc1. The molecule has 7 nitrogen and oxygen atoms in total. The minimum atomic E-state index is -3.50. The Labute approximate surface area is 173 Å². The van der Waals surface area contributed by atoms with Crippen molar-refractivity contribution in [3.05, 3.63) is 86.5 Å². The van der Waals surface area contributed by atoms with E-state index in [0.717, 1.165) is 26.8 Å². The highest BCUT2D eigenvalue weighted by atomic mass is 32.2. The zero-order valence-electron chi connectivity index (χ0n) is 16.0. The Hall–Kier alpha value is -2.75. The molecule has 0 radical (unpaired) electrons. The van der Waals surface area contributed by atoms with Crippen molar-refractivity contribution in [1.82, 2.24) is 14.2 Å². The summed E-state index contributed by atoms with van der Waals surface area (Å²) >= 11 is 0.881. The van der Waals surface area contributed by atoms with E-state index in [9.17, 15) is 18.0 Å². The summed E-state index contributed by atoms with van der Waals surface area (Å²) in [6.07, 6.45) is 1.53. The molecule has 0 atom stereocenters. The van der Waals surface area contributed by atoms with Gasteiger partial charge in [0.1, 0.15) is 4.88 Å². The first-order chi connectivity index (χ1) is 13.8. The molecule has 29 heavy (non-hydrogen) atoms. The van der Waals surface area contributed by atoms with Crippen LogP contribution in [0, 0.1) is 0 Å². The predicted octanol–water partition coefficient (Wildman–Crippen LogP) is 2.14. The first kappa shape index (κ1) is 21.0. The van der Waals surface area contributed by atoms with Gasteiger partial charge in [-0.25, -0.2) is 12.7 Å². The van der Waals surface area contributed by atoms with Crippen molar-refractivity contribution in [3.63, 3.8) is 0 Å². The predicted molar refractivity (Wildman–Crippen MR) is 113 cm³/mol. The van der Waals surface area contributed by atoms with Crippen LogP contribution in [0.25, 0.3) is 0 Å². The van der Waals surface area contributed by atoms with E-state index >= 15 is 0 Å². The van der Waals surface area contributed by atoms with E-state index in [1.54, 1.807) is 12.1 Å².